The Morgan fingerprint density at radius 3 is 2.71 bits per heavy atom. The molecule has 96 valence electrons. The molecule has 0 fully saturated rings. The molecule has 1 aromatic carbocycles. The summed E-state index contributed by atoms with van der Waals surface area (Å²) in [7, 11) is 0. The number of hydrogen-bond acceptors (Lipinski definition) is 2. The maximum atomic E-state index is 6.08. The first kappa shape index (κ1) is 14.5. The third kappa shape index (κ3) is 5.53. The summed E-state index contributed by atoms with van der Waals surface area (Å²) in [6.45, 7) is 6.86. The first-order valence-electron chi connectivity index (χ1n) is 6.33. The molecule has 0 radical (unpaired) electrons. The van der Waals surface area contributed by atoms with E-state index >= 15 is 0 Å². The second kappa shape index (κ2) is 8.51. The smallest absolute Gasteiger partial charge is 0.0735 e. The second-order valence-corrected chi connectivity index (χ2v) is 4.54. The Balaban J connectivity index is 2.34. The van der Waals surface area contributed by atoms with Crippen molar-refractivity contribution in [3.8, 4) is 0 Å². The van der Waals surface area contributed by atoms with Gasteiger partial charge in [0.2, 0.25) is 0 Å². The van der Waals surface area contributed by atoms with Crippen LogP contribution in [0.15, 0.2) is 24.3 Å². The first-order chi connectivity index (χ1) is 8.27. The zero-order valence-corrected chi connectivity index (χ0v) is 11.5. The van der Waals surface area contributed by atoms with Crippen LogP contribution in [0.2, 0.25) is 5.02 Å². The normalized spacial score (nSPS) is 12.6. The molecule has 0 aliphatic carbocycles. The molecule has 0 aliphatic heterocycles. The average Bonchev–Trinajstić information content (AvgIpc) is 2.35. The minimum absolute atomic E-state index is 0.262. The SMILES string of the molecule is CCCNCC(CC)OCc1ccccc1Cl. The Bertz CT molecular complexity index is 317. The summed E-state index contributed by atoms with van der Waals surface area (Å²) in [5, 5.41) is 4.16. The summed E-state index contributed by atoms with van der Waals surface area (Å²) >= 11 is 6.08. The number of rotatable bonds is 8. The van der Waals surface area contributed by atoms with Crippen molar-refractivity contribution < 1.29 is 4.74 Å². The van der Waals surface area contributed by atoms with Crippen molar-refractivity contribution in [2.45, 2.75) is 39.4 Å². The average molecular weight is 256 g/mol. The highest BCUT2D eigenvalue weighted by atomic mass is 35.5. The van der Waals surface area contributed by atoms with Gasteiger partial charge in [0, 0.05) is 11.6 Å². The molecule has 3 heteroatoms. The summed E-state index contributed by atoms with van der Waals surface area (Å²) in [5.41, 5.74) is 1.06. The number of hydrogen-bond donors (Lipinski definition) is 1. The van der Waals surface area contributed by atoms with E-state index in [1.165, 1.54) is 0 Å². The van der Waals surface area contributed by atoms with Crippen LogP contribution in [0.1, 0.15) is 32.3 Å². The van der Waals surface area contributed by atoms with Gasteiger partial charge in [0.05, 0.1) is 12.7 Å². The molecular formula is C14H22ClNO. The van der Waals surface area contributed by atoms with E-state index in [0.29, 0.717) is 6.61 Å². The van der Waals surface area contributed by atoms with E-state index in [-0.39, 0.29) is 6.10 Å². The monoisotopic (exact) mass is 255 g/mol. The molecule has 1 rings (SSSR count). The number of nitrogens with one attached hydrogen (secondary N) is 1. The van der Waals surface area contributed by atoms with Gasteiger partial charge in [0.25, 0.3) is 0 Å². The molecule has 0 aliphatic rings. The van der Waals surface area contributed by atoms with Crippen molar-refractivity contribution in [1.29, 1.82) is 0 Å². The maximum absolute atomic E-state index is 6.08. The molecule has 17 heavy (non-hydrogen) atoms. The van der Waals surface area contributed by atoms with Crippen molar-refractivity contribution in [2.24, 2.45) is 0 Å². The quantitative estimate of drug-likeness (QED) is 0.717. The highest BCUT2D eigenvalue weighted by molar-refractivity contribution is 6.31. The highest BCUT2D eigenvalue weighted by Crippen LogP contribution is 2.16. The Morgan fingerprint density at radius 2 is 2.06 bits per heavy atom. The molecule has 1 atom stereocenters. The van der Waals surface area contributed by atoms with Gasteiger partial charge in [-0.1, -0.05) is 43.6 Å². The van der Waals surface area contributed by atoms with Crippen LogP contribution in [-0.2, 0) is 11.3 Å². The molecule has 0 aromatic heterocycles. The minimum Gasteiger partial charge on any atom is -0.372 e. The van der Waals surface area contributed by atoms with Crippen molar-refractivity contribution >= 4 is 11.6 Å². The Kier molecular flexibility index (Phi) is 7.25. The lowest BCUT2D eigenvalue weighted by Gasteiger charge is -2.17. The van der Waals surface area contributed by atoms with E-state index in [2.05, 4.69) is 19.2 Å². The molecular weight excluding hydrogens is 234 g/mol. The minimum atomic E-state index is 0.262. The molecule has 0 heterocycles. The van der Waals surface area contributed by atoms with Crippen LogP contribution in [0.5, 0.6) is 0 Å². The molecule has 1 N–H and O–H groups in total. The summed E-state index contributed by atoms with van der Waals surface area (Å²) in [6.07, 6.45) is 2.43. The van der Waals surface area contributed by atoms with E-state index < -0.39 is 0 Å². The molecule has 1 unspecified atom stereocenters. The van der Waals surface area contributed by atoms with Crippen LogP contribution in [0.3, 0.4) is 0 Å². The third-order valence-electron chi connectivity index (χ3n) is 2.69. The van der Waals surface area contributed by atoms with E-state index in [1.807, 2.05) is 24.3 Å². The van der Waals surface area contributed by atoms with Crippen molar-refractivity contribution in [3.05, 3.63) is 34.9 Å². The summed E-state index contributed by atoms with van der Waals surface area (Å²) < 4.78 is 5.86. The van der Waals surface area contributed by atoms with Gasteiger partial charge < -0.3 is 10.1 Å². The van der Waals surface area contributed by atoms with Crippen LogP contribution < -0.4 is 5.32 Å². The lowest BCUT2D eigenvalue weighted by atomic mass is 10.2. The van der Waals surface area contributed by atoms with Gasteiger partial charge in [-0.25, -0.2) is 0 Å². The Morgan fingerprint density at radius 1 is 1.29 bits per heavy atom. The third-order valence-corrected chi connectivity index (χ3v) is 3.06. The van der Waals surface area contributed by atoms with Gasteiger partial charge in [0.15, 0.2) is 0 Å². The Hall–Kier alpha value is -0.570. The summed E-state index contributed by atoms with van der Waals surface area (Å²) in [4.78, 5) is 0. The van der Waals surface area contributed by atoms with Crippen LogP contribution in [0.25, 0.3) is 0 Å². The number of halogens is 1. The largest absolute Gasteiger partial charge is 0.372 e. The number of benzene rings is 1. The van der Waals surface area contributed by atoms with E-state index in [0.717, 1.165) is 36.5 Å². The molecule has 0 saturated heterocycles. The number of ether oxygens (including phenoxy) is 1. The van der Waals surface area contributed by atoms with Crippen LogP contribution in [0, 0.1) is 0 Å². The van der Waals surface area contributed by atoms with Gasteiger partial charge >= 0.3 is 0 Å². The zero-order chi connectivity index (χ0) is 12.5. The fourth-order valence-corrected chi connectivity index (χ4v) is 1.77. The van der Waals surface area contributed by atoms with Gasteiger partial charge in [-0.05, 0) is 31.0 Å². The summed E-state index contributed by atoms with van der Waals surface area (Å²) in [5.74, 6) is 0. The molecule has 0 spiro atoms. The molecule has 0 bridgehead atoms. The second-order valence-electron chi connectivity index (χ2n) is 4.14. The standard InChI is InChI=1S/C14H22ClNO/c1-3-9-16-10-13(4-2)17-11-12-7-5-6-8-14(12)15/h5-8,13,16H,3-4,9-11H2,1-2H3. The van der Waals surface area contributed by atoms with Crippen LogP contribution >= 0.6 is 11.6 Å². The van der Waals surface area contributed by atoms with Gasteiger partial charge in [-0.15, -0.1) is 0 Å². The molecule has 0 saturated carbocycles. The fraction of sp³-hybridized carbons (Fsp3) is 0.571. The summed E-state index contributed by atoms with van der Waals surface area (Å²) in [6, 6.07) is 7.83. The predicted octanol–water partition coefficient (Wildman–Crippen LogP) is 3.63. The molecule has 2 nitrogen and oxygen atoms in total. The molecule has 1 aromatic rings. The van der Waals surface area contributed by atoms with E-state index in [4.69, 9.17) is 16.3 Å². The lowest BCUT2D eigenvalue weighted by molar-refractivity contribution is 0.0386. The van der Waals surface area contributed by atoms with Crippen LogP contribution in [-0.4, -0.2) is 19.2 Å². The van der Waals surface area contributed by atoms with Crippen LogP contribution in [0.4, 0.5) is 0 Å². The lowest BCUT2D eigenvalue weighted by Crippen LogP contribution is -2.29. The Labute approximate surface area is 109 Å². The van der Waals surface area contributed by atoms with Crippen molar-refractivity contribution in [1.82, 2.24) is 5.32 Å². The van der Waals surface area contributed by atoms with Gasteiger partial charge in [-0.3, -0.25) is 0 Å². The van der Waals surface area contributed by atoms with Gasteiger partial charge in [0.1, 0.15) is 0 Å². The fourth-order valence-electron chi connectivity index (χ4n) is 1.58. The first-order valence-corrected chi connectivity index (χ1v) is 6.71. The van der Waals surface area contributed by atoms with Crippen molar-refractivity contribution in [3.63, 3.8) is 0 Å². The van der Waals surface area contributed by atoms with E-state index in [9.17, 15) is 0 Å². The van der Waals surface area contributed by atoms with E-state index in [1.54, 1.807) is 0 Å². The predicted molar refractivity (Wildman–Crippen MR) is 73.5 cm³/mol. The topological polar surface area (TPSA) is 21.3 Å². The van der Waals surface area contributed by atoms with Crippen molar-refractivity contribution in [2.75, 3.05) is 13.1 Å². The maximum Gasteiger partial charge on any atom is 0.0735 e. The molecule has 0 amide bonds. The highest BCUT2D eigenvalue weighted by Gasteiger charge is 2.07. The zero-order valence-electron chi connectivity index (χ0n) is 10.7. The van der Waals surface area contributed by atoms with Gasteiger partial charge in [-0.2, -0.15) is 0 Å².